The lowest BCUT2D eigenvalue weighted by atomic mass is 9.83. The summed E-state index contributed by atoms with van der Waals surface area (Å²) >= 11 is 1.65. The fourth-order valence-corrected chi connectivity index (χ4v) is 4.62. The van der Waals surface area contributed by atoms with Crippen molar-refractivity contribution < 1.29 is 17.9 Å². The van der Waals surface area contributed by atoms with Gasteiger partial charge in [0.1, 0.15) is 17.8 Å². The van der Waals surface area contributed by atoms with Crippen LogP contribution in [0.2, 0.25) is 0 Å². The Morgan fingerprint density at radius 3 is 2.13 bits per heavy atom. The van der Waals surface area contributed by atoms with Gasteiger partial charge in [0.15, 0.2) is 9.84 Å². The SMILES string of the molecule is CSc1ccc(C2=C(c3ccc(S(C)(=O)=O)cc3)Oc3ccccc3C2C=O)cc1. The van der Waals surface area contributed by atoms with Crippen LogP contribution in [0, 0.1) is 0 Å². The first kappa shape index (κ1) is 20.4. The number of ether oxygens (including phenoxy) is 1. The Morgan fingerprint density at radius 1 is 0.900 bits per heavy atom. The lowest BCUT2D eigenvalue weighted by molar-refractivity contribution is -0.108. The molecule has 4 rings (SSSR count). The Morgan fingerprint density at radius 2 is 1.53 bits per heavy atom. The van der Waals surface area contributed by atoms with Crippen molar-refractivity contribution in [3.8, 4) is 5.75 Å². The molecule has 0 bridgehead atoms. The van der Waals surface area contributed by atoms with E-state index in [0.717, 1.165) is 27.9 Å². The van der Waals surface area contributed by atoms with Crippen molar-refractivity contribution in [2.45, 2.75) is 15.7 Å². The summed E-state index contributed by atoms with van der Waals surface area (Å²) in [6.07, 6.45) is 4.12. The fraction of sp³-hybridized carbons (Fsp3) is 0.125. The number of hydrogen-bond donors (Lipinski definition) is 0. The number of benzene rings is 3. The van der Waals surface area contributed by atoms with E-state index in [1.54, 1.807) is 36.0 Å². The van der Waals surface area contributed by atoms with Crippen LogP contribution in [0.1, 0.15) is 22.6 Å². The van der Waals surface area contributed by atoms with Crippen LogP contribution >= 0.6 is 11.8 Å². The number of sulfone groups is 1. The molecule has 0 N–H and O–H groups in total. The van der Waals surface area contributed by atoms with Gasteiger partial charge in [0, 0.05) is 27.9 Å². The second-order valence-electron chi connectivity index (χ2n) is 7.02. The third-order valence-corrected chi connectivity index (χ3v) is 6.98. The highest BCUT2D eigenvalue weighted by atomic mass is 32.2. The monoisotopic (exact) mass is 436 g/mol. The van der Waals surface area contributed by atoms with Crippen molar-refractivity contribution in [2.75, 3.05) is 12.5 Å². The molecular formula is C24H20O4S2. The Bertz CT molecular complexity index is 1220. The van der Waals surface area contributed by atoms with E-state index in [-0.39, 0.29) is 4.90 Å². The van der Waals surface area contributed by atoms with Crippen molar-refractivity contribution in [3.63, 3.8) is 0 Å². The summed E-state index contributed by atoms with van der Waals surface area (Å²) in [6.45, 7) is 0. The molecule has 0 saturated heterocycles. The lowest BCUT2D eigenvalue weighted by Crippen LogP contribution is -2.15. The average Bonchev–Trinajstić information content (AvgIpc) is 2.77. The average molecular weight is 437 g/mol. The van der Waals surface area contributed by atoms with Crippen molar-refractivity contribution in [2.24, 2.45) is 0 Å². The Labute approximate surface area is 180 Å². The van der Waals surface area contributed by atoms with Gasteiger partial charge in [-0.25, -0.2) is 8.42 Å². The Balaban J connectivity index is 1.93. The number of carbonyl (C=O) groups is 1. The zero-order chi connectivity index (χ0) is 21.3. The molecule has 30 heavy (non-hydrogen) atoms. The van der Waals surface area contributed by atoms with Crippen LogP contribution in [0.4, 0.5) is 0 Å². The molecule has 0 aliphatic carbocycles. The van der Waals surface area contributed by atoms with E-state index in [4.69, 9.17) is 4.74 Å². The van der Waals surface area contributed by atoms with Crippen LogP contribution in [-0.4, -0.2) is 27.2 Å². The molecule has 0 spiro atoms. The maximum absolute atomic E-state index is 12.2. The molecule has 1 atom stereocenters. The largest absolute Gasteiger partial charge is 0.456 e. The van der Waals surface area contributed by atoms with Gasteiger partial charge in [-0.15, -0.1) is 11.8 Å². The molecule has 3 aromatic carbocycles. The molecule has 4 nitrogen and oxygen atoms in total. The molecule has 3 aromatic rings. The maximum Gasteiger partial charge on any atom is 0.175 e. The zero-order valence-corrected chi connectivity index (χ0v) is 18.2. The number of fused-ring (bicyclic) bond motifs is 1. The van der Waals surface area contributed by atoms with Gasteiger partial charge in [0.05, 0.1) is 10.8 Å². The second kappa shape index (κ2) is 8.13. The van der Waals surface area contributed by atoms with E-state index in [9.17, 15) is 13.2 Å². The normalized spacial score (nSPS) is 16.0. The van der Waals surface area contributed by atoms with Crippen LogP contribution in [0.25, 0.3) is 11.3 Å². The van der Waals surface area contributed by atoms with Gasteiger partial charge in [-0.2, -0.15) is 0 Å². The number of thioether (sulfide) groups is 1. The number of para-hydroxylation sites is 1. The second-order valence-corrected chi connectivity index (χ2v) is 9.92. The Hall–Kier alpha value is -2.83. The summed E-state index contributed by atoms with van der Waals surface area (Å²) in [5, 5.41) is 0. The standard InChI is InChI=1S/C24H20O4S2/c1-29-18-11-7-16(8-12-18)23-21(15-25)20-5-3-4-6-22(20)28-24(23)17-9-13-19(14-10-17)30(2,26)27/h3-15,21H,1-2H3. The minimum atomic E-state index is -3.30. The number of rotatable bonds is 5. The molecule has 1 aliphatic heterocycles. The fourth-order valence-electron chi connectivity index (χ4n) is 3.58. The number of allylic oxidation sites excluding steroid dienone is 1. The quantitative estimate of drug-likeness (QED) is 0.413. The van der Waals surface area contributed by atoms with Gasteiger partial charge in [-0.1, -0.05) is 30.3 Å². The molecule has 152 valence electrons. The summed E-state index contributed by atoms with van der Waals surface area (Å²) in [4.78, 5) is 13.6. The summed E-state index contributed by atoms with van der Waals surface area (Å²) in [7, 11) is -3.30. The smallest absolute Gasteiger partial charge is 0.175 e. The molecule has 1 heterocycles. The van der Waals surface area contributed by atoms with Gasteiger partial charge in [0.2, 0.25) is 0 Å². The molecule has 0 amide bonds. The summed E-state index contributed by atoms with van der Waals surface area (Å²) in [6, 6.07) is 22.0. The van der Waals surface area contributed by atoms with Crippen LogP contribution in [-0.2, 0) is 14.6 Å². The van der Waals surface area contributed by atoms with Gasteiger partial charge in [0.25, 0.3) is 0 Å². The lowest BCUT2D eigenvalue weighted by Gasteiger charge is -2.28. The van der Waals surface area contributed by atoms with Crippen LogP contribution in [0.15, 0.2) is 82.6 Å². The zero-order valence-electron chi connectivity index (χ0n) is 16.5. The molecule has 0 saturated carbocycles. The molecule has 0 aromatic heterocycles. The highest BCUT2D eigenvalue weighted by Crippen LogP contribution is 2.46. The van der Waals surface area contributed by atoms with Crippen molar-refractivity contribution in [3.05, 3.63) is 89.5 Å². The van der Waals surface area contributed by atoms with E-state index in [1.807, 2.05) is 54.8 Å². The first-order valence-electron chi connectivity index (χ1n) is 9.33. The van der Waals surface area contributed by atoms with E-state index in [2.05, 4.69) is 0 Å². The van der Waals surface area contributed by atoms with Crippen LogP contribution in [0.3, 0.4) is 0 Å². The predicted molar refractivity (Wildman–Crippen MR) is 120 cm³/mol. The minimum Gasteiger partial charge on any atom is -0.456 e. The van der Waals surface area contributed by atoms with Crippen molar-refractivity contribution in [1.29, 1.82) is 0 Å². The van der Waals surface area contributed by atoms with E-state index in [0.29, 0.717) is 17.1 Å². The first-order chi connectivity index (χ1) is 14.4. The molecule has 1 aliphatic rings. The van der Waals surface area contributed by atoms with E-state index in [1.165, 1.54) is 6.26 Å². The number of aldehydes is 1. The predicted octanol–water partition coefficient (Wildman–Crippen LogP) is 5.06. The van der Waals surface area contributed by atoms with Crippen LogP contribution in [0.5, 0.6) is 5.75 Å². The molecule has 0 radical (unpaired) electrons. The first-order valence-corrected chi connectivity index (χ1v) is 12.4. The topological polar surface area (TPSA) is 60.4 Å². The maximum atomic E-state index is 12.2. The van der Waals surface area contributed by atoms with Gasteiger partial charge in [-0.3, -0.25) is 0 Å². The highest BCUT2D eigenvalue weighted by molar-refractivity contribution is 7.98. The van der Waals surface area contributed by atoms with Crippen molar-refractivity contribution >= 4 is 39.2 Å². The summed E-state index contributed by atoms with van der Waals surface area (Å²) in [5.41, 5.74) is 3.19. The molecule has 6 heteroatoms. The van der Waals surface area contributed by atoms with Gasteiger partial charge in [-0.05, 0) is 54.3 Å². The molecule has 1 unspecified atom stereocenters. The third kappa shape index (κ3) is 3.80. The summed E-state index contributed by atoms with van der Waals surface area (Å²) in [5.74, 6) is 0.698. The number of hydrogen-bond acceptors (Lipinski definition) is 5. The Kier molecular flexibility index (Phi) is 5.54. The van der Waals surface area contributed by atoms with Gasteiger partial charge >= 0.3 is 0 Å². The highest BCUT2D eigenvalue weighted by Gasteiger charge is 2.31. The minimum absolute atomic E-state index is 0.237. The van der Waals surface area contributed by atoms with E-state index < -0.39 is 15.8 Å². The molecule has 0 fully saturated rings. The third-order valence-electron chi connectivity index (χ3n) is 5.10. The molecular weight excluding hydrogens is 416 g/mol. The van der Waals surface area contributed by atoms with Gasteiger partial charge < -0.3 is 9.53 Å². The van der Waals surface area contributed by atoms with Crippen molar-refractivity contribution in [1.82, 2.24) is 0 Å². The van der Waals surface area contributed by atoms with Crippen LogP contribution < -0.4 is 4.74 Å². The van der Waals surface area contributed by atoms with E-state index >= 15 is 0 Å². The summed E-state index contributed by atoms with van der Waals surface area (Å²) < 4.78 is 29.9. The number of carbonyl (C=O) groups excluding carboxylic acids is 1.